The maximum Gasteiger partial charge on any atom is 0.118 e. The van der Waals surface area contributed by atoms with E-state index in [0.29, 0.717) is 0 Å². The van der Waals surface area contributed by atoms with Crippen LogP contribution in [-0.4, -0.2) is 55.0 Å². The molecule has 1 aliphatic heterocycles. The summed E-state index contributed by atoms with van der Waals surface area (Å²) < 4.78 is 1.09. The van der Waals surface area contributed by atoms with E-state index in [2.05, 4.69) is 31.1 Å². The number of piperazine rings is 1. The monoisotopic (exact) mass is 482 g/mol. The highest BCUT2D eigenvalue weighted by molar-refractivity contribution is 4.70. The average Bonchev–Trinajstić information content (AvgIpc) is 2.86. The van der Waals surface area contributed by atoms with Gasteiger partial charge in [0.25, 0.3) is 0 Å². The summed E-state index contributed by atoms with van der Waals surface area (Å²) >= 11 is 0. The first kappa shape index (κ1) is 31.9. The Labute approximate surface area is 215 Å². The van der Waals surface area contributed by atoms with Crippen molar-refractivity contribution in [2.45, 2.75) is 155 Å². The molecule has 0 saturated carbocycles. The highest BCUT2D eigenvalue weighted by atomic mass is 15.8. The van der Waals surface area contributed by atoms with Crippen molar-refractivity contribution >= 4 is 0 Å². The molecule has 0 aromatic rings. The normalized spacial score (nSPS) is 17.5. The van der Waals surface area contributed by atoms with E-state index in [9.17, 15) is 0 Å². The molecule has 0 aromatic heterocycles. The molecule has 1 atom stereocenters. The summed E-state index contributed by atoms with van der Waals surface area (Å²) in [5.41, 5.74) is 6.44. The molecule has 34 heavy (non-hydrogen) atoms. The van der Waals surface area contributed by atoms with E-state index in [1.54, 1.807) is 0 Å². The molecule has 4 nitrogen and oxygen atoms in total. The molecule has 3 N–H and O–H groups in total. The van der Waals surface area contributed by atoms with Crippen LogP contribution in [0.3, 0.4) is 0 Å². The summed E-state index contributed by atoms with van der Waals surface area (Å²) in [4.78, 5) is 0. The number of hydrogen-bond donors (Lipinski definition) is 2. The Balaban J connectivity index is 1.88. The Morgan fingerprint density at radius 3 is 1.35 bits per heavy atom. The number of nitrogens with one attached hydrogen (secondary N) is 1. The number of nitrogens with two attached hydrogens (primary N) is 1. The van der Waals surface area contributed by atoms with Crippen molar-refractivity contribution in [3.05, 3.63) is 0 Å². The Bertz CT molecular complexity index is 424. The third kappa shape index (κ3) is 14.4. The van der Waals surface area contributed by atoms with Gasteiger partial charge in [-0.25, -0.2) is 4.59 Å². The van der Waals surface area contributed by atoms with Gasteiger partial charge in [-0.05, 0) is 26.7 Å². The molecule has 1 unspecified atom stereocenters. The Hall–Kier alpha value is -0.160. The maximum absolute atomic E-state index is 6.44. The van der Waals surface area contributed by atoms with Crippen LogP contribution in [0.1, 0.15) is 149 Å². The Morgan fingerprint density at radius 2 is 1.00 bits per heavy atom. The van der Waals surface area contributed by atoms with Gasteiger partial charge in [-0.15, -0.1) is 5.01 Å². The molecule has 1 fully saturated rings. The summed E-state index contributed by atoms with van der Waals surface area (Å²) in [6.45, 7) is 13.7. The van der Waals surface area contributed by atoms with Crippen LogP contribution in [-0.2, 0) is 0 Å². The Kier molecular flexibility index (Phi) is 20.7. The maximum atomic E-state index is 6.44. The van der Waals surface area contributed by atoms with Crippen molar-refractivity contribution in [3.63, 3.8) is 0 Å². The summed E-state index contributed by atoms with van der Waals surface area (Å²) in [5.74, 6) is 0. The van der Waals surface area contributed by atoms with Crippen molar-refractivity contribution in [2.24, 2.45) is 5.73 Å². The van der Waals surface area contributed by atoms with Crippen molar-refractivity contribution in [1.82, 2.24) is 10.3 Å². The largest absolute Gasteiger partial charge is 0.312 e. The van der Waals surface area contributed by atoms with Crippen LogP contribution in [0.4, 0.5) is 0 Å². The molecule has 0 aromatic carbocycles. The van der Waals surface area contributed by atoms with E-state index in [4.69, 9.17) is 5.73 Å². The highest BCUT2D eigenvalue weighted by Gasteiger charge is 2.37. The molecule has 204 valence electrons. The van der Waals surface area contributed by atoms with Crippen LogP contribution in [0.2, 0.25) is 0 Å². The minimum absolute atomic E-state index is 0.166. The SMILES string of the molecule is CCCCCCCCCCCCCCCCCCCCCC[N+](CC)(CC)N1CCNCC1N. The van der Waals surface area contributed by atoms with Crippen molar-refractivity contribution in [2.75, 3.05) is 39.3 Å². The van der Waals surface area contributed by atoms with Crippen molar-refractivity contribution in [1.29, 1.82) is 0 Å². The summed E-state index contributed by atoms with van der Waals surface area (Å²) in [6, 6.07) is 0. The van der Waals surface area contributed by atoms with E-state index in [-0.39, 0.29) is 6.17 Å². The van der Waals surface area contributed by atoms with Gasteiger partial charge < -0.3 is 11.1 Å². The van der Waals surface area contributed by atoms with Gasteiger partial charge in [-0.1, -0.05) is 122 Å². The minimum Gasteiger partial charge on any atom is -0.312 e. The predicted octanol–water partition coefficient (Wildman–Crippen LogP) is 7.77. The van der Waals surface area contributed by atoms with Crippen LogP contribution in [0.5, 0.6) is 0 Å². The molecule has 1 heterocycles. The van der Waals surface area contributed by atoms with Gasteiger partial charge >= 0.3 is 0 Å². The first-order valence-corrected chi connectivity index (χ1v) is 15.8. The molecule has 1 saturated heterocycles. The van der Waals surface area contributed by atoms with Crippen LogP contribution in [0.25, 0.3) is 0 Å². The second-order valence-electron chi connectivity index (χ2n) is 11.1. The third-order valence-electron chi connectivity index (χ3n) is 8.40. The number of unbranched alkanes of at least 4 members (excludes halogenated alkanes) is 19. The van der Waals surface area contributed by atoms with Gasteiger partial charge in [0.1, 0.15) is 6.17 Å². The molecule has 1 rings (SSSR count). The van der Waals surface area contributed by atoms with Crippen LogP contribution in [0, 0.1) is 0 Å². The lowest BCUT2D eigenvalue weighted by Gasteiger charge is -2.49. The van der Waals surface area contributed by atoms with Gasteiger partial charge in [0.2, 0.25) is 0 Å². The van der Waals surface area contributed by atoms with E-state index in [1.807, 2.05) is 0 Å². The zero-order valence-electron chi connectivity index (χ0n) is 23.9. The molecular weight excluding hydrogens is 416 g/mol. The second-order valence-corrected chi connectivity index (χ2v) is 11.1. The standard InChI is InChI=1S/C30H65N4/c1-4-7-8-9-10-11-12-13-14-15-16-17-18-19-20-21-22-23-24-25-28-34(5-2,6-3)33-27-26-32-29-30(33)31/h30,32H,4-29,31H2,1-3H3/q+1. The zero-order valence-corrected chi connectivity index (χ0v) is 23.9. The molecule has 0 radical (unpaired) electrons. The first-order valence-electron chi connectivity index (χ1n) is 15.8. The molecule has 0 amide bonds. The fourth-order valence-corrected chi connectivity index (χ4v) is 5.93. The molecule has 0 aliphatic carbocycles. The smallest absolute Gasteiger partial charge is 0.118 e. The van der Waals surface area contributed by atoms with Crippen LogP contribution >= 0.6 is 0 Å². The highest BCUT2D eigenvalue weighted by Crippen LogP contribution is 2.19. The summed E-state index contributed by atoms with van der Waals surface area (Å²) in [6.07, 6.45) is 29.1. The number of quaternary nitrogens is 1. The summed E-state index contributed by atoms with van der Waals surface area (Å²) in [5, 5.41) is 6.00. The molecule has 0 bridgehead atoms. The van der Waals surface area contributed by atoms with Gasteiger partial charge in [0, 0.05) is 13.1 Å². The van der Waals surface area contributed by atoms with Crippen LogP contribution in [0.15, 0.2) is 0 Å². The van der Waals surface area contributed by atoms with Gasteiger partial charge in [-0.2, -0.15) is 0 Å². The lowest BCUT2D eigenvalue weighted by Crippen LogP contribution is -2.70. The van der Waals surface area contributed by atoms with Crippen molar-refractivity contribution in [3.8, 4) is 0 Å². The second kappa shape index (κ2) is 22.1. The van der Waals surface area contributed by atoms with Crippen LogP contribution < -0.4 is 11.1 Å². The number of rotatable bonds is 24. The summed E-state index contributed by atoms with van der Waals surface area (Å²) in [7, 11) is 0. The fourth-order valence-electron chi connectivity index (χ4n) is 5.93. The Morgan fingerprint density at radius 1 is 0.618 bits per heavy atom. The van der Waals surface area contributed by atoms with E-state index in [0.717, 1.165) is 24.2 Å². The predicted molar refractivity (Wildman–Crippen MR) is 152 cm³/mol. The number of hydrogen-bond acceptors (Lipinski definition) is 3. The fraction of sp³-hybridized carbons (Fsp3) is 1.00. The first-order chi connectivity index (χ1) is 16.7. The minimum atomic E-state index is 0.166. The van der Waals surface area contributed by atoms with E-state index >= 15 is 0 Å². The molecule has 0 spiro atoms. The van der Waals surface area contributed by atoms with Crippen molar-refractivity contribution < 1.29 is 4.59 Å². The lowest BCUT2D eigenvalue weighted by atomic mass is 10.0. The van der Waals surface area contributed by atoms with E-state index in [1.165, 1.54) is 148 Å². The van der Waals surface area contributed by atoms with Gasteiger partial charge in [0.05, 0.1) is 26.2 Å². The quantitative estimate of drug-likeness (QED) is 0.109. The third-order valence-corrected chi connectivity index (χ3v) is 8.40. The average molecular weight is 482 g/mol. The molecule has 4 heteroatoms. The molecular formula is C30H65N4+. The topological polar surface area (TPSA) is 41.3 Å². The lowest BCUT2D eigenvalue weighted by molar-refractivity contribution is -1.04. The zero-order chi connectivity index (χ0) is 24.7. The van der Waals surface area contributed by atoms with Gasteiger partial charge in [0.15, 0.2) is 0 Å². The van der Waals surface area contributed by atoms with Gasteiger partial charge in [-0.3, -0.25) is 0 Å². The van der Waals surface area contributed by atoms with E-state index < -0.39 is 0 Å². The molecule has 1 aliphatic rings. The number of nitrogens with zero attached hydrogens (tertiary/aromatic N) is 2.